The van der Waals surface area contributed by atoms with Gasteiger partial charge >= 0.3 is 0 Å². The van der Waals surface area contributed by atoms with Gasteiger partial charge in [-0.3, -0.25) is 0 Å². The second-order valence-corrected chi connectivity index (χ2v) is 4.02. The summed E-state index contributed by atoms with van der Waals surface area (Å²) in [4.78, 5) is 11.5. The maximum Gasteiger partial charge on any atom is 0.225 e. The van der Waals surface area contributed by atoms with Crippen molar-refractivity contribution in [2.45, 2.75) is 40.3 Å². The molecule has 0 spiro atoms. The van der Waals surface area contributed by atoms with Crippen molar-refractivity contribution in [1.29, 1.82) is 0 Å². The monoisotopic (exact) mass is 220 g/mol. The first-order valence-corrected chi connectivity index (χ1v) is 6.14. The average molecular weight is 220 g/mol. The Bertz CT molecular complexity index is 372. The largest absolute Gasteiger partial charge is 0.341 e. The standard InChI is InChI=1S/C12H20N4/c1-4-10-9-7-13-8-11(9)15-12(14-10)16(5-2)6-3/h13H,4-8H2,1-3H3. The Hall–Kier alpha value is -1.16. The van der Waals surface area contributed by atoms with Crippen molar-refractivity contribution < 1.29 is 0 Å². The van der Waals surface area contributed by atoms with E-state index in [0.717, 1.165) is 38.5 Å². The van der Waals surface area contributed by atoms with E-state index in [9.17, 15) is 0 Å². The summed E-state index contributed by atoms with van der Waals surface area (Å²) in [5.74, 6) is 0.893. The molecule has 0 saturated heterocycles. The lowest BCUT2D eigenvalue weighted by Crippen LogP contribution is -2.25. The summed E-state index contributed by atoms with van der Waals surface area (Å²) in [6.45, 7) is 10.2. The molecule has 0 radical (unpaired) electrons. The third kappa shape index (κ3) is 1.89. The maximum absolute atomic E-state index is 4.68. The van der Waals surface area contributed by atoms with Crippen molar-refractivity contribution >= 4 is 5.95 Å². The van der Waals surface area contributed by atoms with Crippen molar-refractivity contribution in [1.82, 2.24) is 15.3 Å². The maximum atomic E-state index is 4.68. The van der Waals surface area contributed by atoms with E-state index in [4.69, 9.17) is 0 Å². The van der Waals surface area contributed by atoms with Crippen LogP contribution < -0.4 is 10.2 Å². The van der Waals surface area contributed by atoms with Gasteiger partial charge in [-0.15, -0.1) is 0 Å². The lowest BCUT2D eigenvalue weighted by atomic mass is 10.1. The molecular formula is C12H20N4. The van der Waals surface area contributed by atoms with Gasteiger partial charge in [0.05, 0.1) is 11.4 Å². The fourth-order valence-corrected chi connectivity index (χ4v) is 2.16. The van der Waals surface area contributed by atoms with Crippen molar-refractivity contribution in [3.63, 3.8) is 0 Å². The highest BCUT2D eigenvalue weighted by molar-refractivity contribution is 5.38. The number of hydrogen-bond donors (Lipinski definition) is 1. The van der Waals surface area contributed by atoms with E-state index in [1.54, 1.807) is 0 Å². The van der Waals surface area contributed by atoms with Gasteiger partial charge in [0.15, 0.2) is 0 Å². The molecule has 1 aliphatic heterocycles. The van der Waals surface area contributed by atoms with Crippen molar-refractivity contribution in [3.05, 3.63) is 17.0 Å². The van der Waals surface area contributed by atoms with E-state index in [1.165, 1.54) is 17.0 Å². The fraction of sp³-hybridized carbons (Fsp3) is 0.667. The van der Waals surface area contributed by atoms with Crippen LogP contribution in [0, 0.1) is 0 Å². The Kier molecular flexibility index (Phi) is 3.39. The van der Waals surface area contributed by atoms with Gasteiger partial charge in [0.2, 0.25) is 5.95 Å². The zero-order valence-electron chi connectivity index (χ0n) is 10.4. The highest BCUT2D eigenvalue weighted by atomic mass is 15.2. The first-order valence-electron chi connectivity index (χ1n) is 6.14. The minimum atomic E-state index is 0.888. The van der Waals surface area contributed by atoms with E-state index in [1.807, 2.05) is 0 Å². The molecule has 4 nitrogen and oxygen atoms in total. The van der Waals surface area contributed by atoms with Crippen LogP contribution in [0.1, 0.15) is 37.7 Å². The number of fused-ring (bicyclic) bond motifs is 1. The van der Waals surface area contributed by atoms with Gasteiger partial charge < -0.3 is 10.2 Å². The highest BCUT2D eigenvalue weighted by Crippen LogP contribution is 2.20. The molecule has 16 heavy (non-hydrogen) atoms. The van der Waals surface area contributed by atoms with Gasteiger partial charge in [-0.1, -0.05) is 6.92 Å². The van der Waals surface area contributed by atoms with Gasteiger partial charge in [0.1, 0.15) is 0 Å². The van der Waals surface area contributed by atoms with Gasteiger partial charge in [0, 0.05) is 31.7 Å². The van der Waals surface area contributed by atoms with Crippen molar-refractivity contribution in [3.8, 4) is 0 Å². The van der Waals surface area contributed by atoms with Gasteiger partial charge in [0.25, 0.3) is 0 Å². The molecule has 0 aliphatic carbocycles. The Morgan fingerprint density at radius 3 is 2.50 bits per heavy atom. The molecule has 0 aromatic carbocycles. The molecule has 1 N–H and O–H groups in total. The zero-order chi connectivity index (χ0) is 11.5. The number of aromatic nitrogens is 2. The van der Waals surface area contributed by atoms with Crippen LogP contribution in [0.5, 0.6) is 0 Å². The number of nitrogens with one attached hydrogen (secondary N) is 1. The predicted octanol–water partition coefficient (Wildman–Crippen LogP) is 1.49. The van der Waals surface area contributed by atoms with E-state index >= 15 is 0 Å². The summed E-state index contributed by atoms with van der Waals surface area (Å²) in [7, 11) is 0. The fourth-order valence-electron chi connectivity index (χ4n) is 2.16. The molecule has 1 aromatic heterocycles. The topological polar surface area (TPSA) is 41.1 Å². The third-order valence-corrected chi connectivity index (χ3v) is 3.14. The van der Waals surface area contributed by atoms with Crippen LogP contribution in [0.25, 0.3) is 0 Å². The molecular weight excluding hydrogens is 200 g/mol. The Morgan fingerprint density at radius 2 is 1.88 bits per heavy atom. The Labute approximate surface area is 97.1 Å². The Morgan fingerprint density at radius 1 is 1.12 bits per heavy atom. The molecule has 0 atom stereocenters. The van der Waals surface area contributed by atoms with Gasteiger partial charge in [-0.05, 0) is 20.3 Å². The summed E-state index contributed by atoms with van der Waals surface area (Å²) >= 11 is 0. The minimum absolute atomic E-state index is 0.888. The molecule has 1 aliphatic rings. The predicted molar refractivity (Wildman–Crippen MR) is 65.5 cm³/mol. The summed E-state index contributed by atoms with van der Waals surface area (Å²) in [6.07, 6.45) is 0.987. The number of rotatable bonds is 4. The molecule has 0 saturated carbocycles. The molecule has 2 rings (SSSR count). The van der Waals surface area contributed by atoms with Crippen LogP contribution in [0.4, 0.5) is 5.95 Å². The number of anilines is 1. The van der Waals surface area contributed by atoms with Crippen LogP contribution in [-0.4, -0.2) is 23.1 Å². The molecule has 1 aromatic rings. The molecule has 2 heterocycles. The molecule has 0 unspecified atom stereocenters. The third-order valence-electron chi connectivity index (χ3n) is 3.14. The smallest absolute Gasteiger partial charge is 0.225 e. The summed E-state index contributed by atoms with van der Waals surface area (Å²) in [5.41, 5.74) is 3.71. The summed E-state index contributed by atoms with van der Waals surface area (Å²) in [5, 5.41) is 3.34. The Balaban J connectivity index is 2.41. The zero-order valence-corrected chi connectivity index (χ0v) is 10.4. The molecule has 0 fully saturated rings. The molecule has 4 heteroatoms. The number of nitrogens with zero attached hydrogens (tertiary/aromatic N) is 3. The molecule has 0 amide bonds. The van der Waals surface area contributed by atoms with E-state index in [2.05, 4.69) is 41.0 Å². The van der Waals surface area contributed by atoms with Crippen LogP contribution >= 0.6 is 0 Å². The summed E-state index contributed by atoms with van der Waals surface area (Å²) < 4.78 is 0. The van der Waals surface area contributed by atoms with Crippen molar-refractivity contribution in [2.24, 2.45) is 0 Å². The minimum Gasteiger partial charge on any atom is -0.341 e. The second-order valence-electron chi connectivity index (χ2n) is 4.02. The lowest BCUT2D eigenvalue weighted by Gasteiger charge is -2.20. The quantitative estimate of drug-likeness (QED) is 0.834. The average Bonchev–Trinajstić information content (AvgIpc) is 2.77. The van der Waals surface area contributed by atoms with E-state index in [-0.39, 0.29) is 0 Å². The number of aryl methyl sites for hydroxylation is 1. The first kappa shape index (κ1) is 11.3. The second kappa shape index (κ2) is 4.78. The lowest BCUT2D eigenvalue weighted by molar-refractivity contribution is 0.754. The van der Waals surface area contributed by atoms with Gasteiger partial charge in [-0.2, -0.15) is 0 Å². The normalized spacial score (nSPS) is 13.9. The van der Waals surface area contributed by atoms with Crippen molar-refractivity contribution in [2.75, 3.05) is 18.0 Å². The molecule has 0 bridgehead atoms. The SMILES string of the molecule is CCc1nc(N(CC)CC)nc2c1CNC2. The van der Waals surface area contributed by atoms with Crippen LogP contribution in [0.2, 0.25) is 0 Å². The van der Waals surface area contributed by atoms with Crippen LogP contribution in [0.15, 0.2) is 0 Å². The first-order chi connectivity index (χ1) is 7.80. The number of hydrogen-bond acceptors (Lipinski definition) is 4. The van der Waals surface area contributed by atoms with E-state index in [0.29, 0.717) is 0 Å². The van der Waals surface area contributed by atoms with Crippen LogP contribution in [-0.2, 0) is 19.5 Å². The van der Waals surface area contributed by atoms with Gasteiger partial charge in [-0.25, -0.2) is 9.97 Å². The molecule has 88 valence electrons. The summed E-state index contributed by atoms with van der Waals surface area (Å²) in [6, 6.07) is 0. The van der Waals surface area contributed by atoms with E-state index < -0.39 is 0 Å². The highest BCUT2D eigenvalue weighted by Gasteiger charge is 2.19. The van der Waals surface area contributed by atoms with Crippen LogP contribution in [0.3, 0.4) is 0 Å².